The van der Waals surface area contributed by atoms with Gasteiger partial charge in [0.15, 0.2) is 0 Å². The fourth-order valence-electron chi connectivity index (χ4n) is 14.9. The zero-order chi connectivity index (χ0) is 61.2. The fraction of sp³-hybridized carbons (Fsp3) is 0.565. The van der Waals surface area contributed by atoms with Gasteiger partial charge in [0.05, 0.1) is 32.0 Å². The van der Waals surface area contributed by atoms with Gasteiger partial charge in [0, 0.05) is 38.3 Å². The summed E-state index contributed by atoms with van der Waals surface area (Å²) in [6, 6.07) is 19.4. The third-order valence-electron chi connectivity index (χ3n) is 18.8. The molecule has 0 aliphatic heterocycles. The summed E-state index contributed by atoms with van der Waals surface area (Å²) in [5.41, 5.74) is 41.6. The van der Waals surface area contributed by atoms with Crippen LogP contribution < -0.4 is 0 Å². The number of azide groups is 1. The Kier molecular flexibility index (Phi) is 23.2. The summed E-state index contributed by atoms with van der Waals surface area (Å²) in [5, 5.41) is 22.8. The van der Waals surface area contributed by atoms with Crippen LogP contribution in [0, 0.1) is 45.9 Å². The fourth-order valence-corrected chi connectivity index (χ4v) is 35.8. The molecule has 0 spiro atoms. The second-order valence-electron chi connectivity index (χ2n) is 27.3. The largest absolute Gasteiger partial charge is 0.247 e. The Balaban J connectivity index is 1.59. The van der Waals surface area contributed by atoms with Gasteiger partial charge in [-0.3, -0.25) is 0 Å². The molecule has 0 amide bonds. The molecular formula is C69H101N9Si4. The Labute approximate surface area is 501 Å². The second kappa shape index (κ2) is 28.3. The minimum atomic E-state index is -2.01. The SMILES string of the molecule is CC(C)[Si](C#Cc1cc(C#C[Si](C(C)C)(C(C)C)C(C)C)cc(Cn2cc(-c3cc(CN=[N+]=[N-])cc(-c4cn(Cc5cc(C#C[Si](C(C)C)(C(C)C)C(C)C)cc(C#C[Si](C(C)C)(C(C)C)C(C)C)c5)nn4)c3)nn2)c1)(C(C)C)C(C)C. The van der Waals surface area contributed by atoms with Crippen LogP contribution in [0.3, 0.4) is 0 Å². The number of rotatable bonds is 20. The Morgan fingerprint density at radius 3 is 0.866 bits per heavy atom. The molecule has 0 saturated carbocycles. The van der Waals surface area contributed by atoms with Crippen LogP contribution in [0.1, 0.15) is 205 Å². The van der Waals surface area contributed by atoms with Crippen LogP contribution in [0.25, 0.3) is 33.0 Å². The Hall–Kier alpha value is -5.64. The smallest absolute Gasteiger partial charge is 0.146 e. The van der Waals surface area contributed by atoms with Crippen molar-refractivity contribution in [2.75, 3.05) is 0 Å². The highest BCUT2D eigenvalue weighted by atomic mass is 28.3. The summed E-state index contributed by atoms with van der Waals surface area (Å²) in [6.07, 6.45) is 3.98. The zero-order valence-electron chi connectivity index (χ0n) is 54.9. The maximum atomic E-state index is 9.43. The van der Waals surface area contributed by atoms with Crippen LogP contribution in [0.2, 0.25) is 66.5 Å². The lowest BCUT2D eigenvalue weighted by Gasteiger charge is -2.38. The van der Waals surface area contributed by atoms with E-state index in [9.17, 15) is 5.53 Å². The van der Waals surface area contributed by atoms with Crippen LogP contribution in [0.4, 0.5) is 0 Å². The molecule has 0 saturated heterocycles. The maximum Gasteiger partial charge on any atom is 0.146 e. The zero-order valence-corrected chi connectivity index (χ0v) is 58.9. The van der Waals surface area contributed by atoms with Crippen LogP contribution >= 0.6 is 0 Å². The van der Waals surface area contributed by atoms with Gasteiger partial charge in [-0.25, -0.2) is 9.36 Å². The van der Waals surface area contributed by atoms with Crippen LogP contribution in [0.15, 0.2) is 72.1 Å². The van der Waals surface area contributed by atoms with Gasteiger partial charge in [-0.05, 0) is 143 Å². The molecule has 5 aromatic rings. The van der Waals surface area contributed by atoms with E-state index >= 15 is 0 Å². The summed E-state index contributed by atoms with van der Waals surface area (Å²) in [5.74, 6) is 15.0. The minimum Gasteiger partial charge on any atom is -0.247 e. The van der Waals surface area contributed by atoms with E-state index < -0.39 is 32.3 Å². The molecule has 0 aliphatic rings. The van der Waals surface area contributed by atoms with Crippen molar-refractivity contribution in [1.82, 2.24) is 30.0 Å². The molecule has 0 bridgehead atoms. The predicted molar refractivity (Wildman–Crippen MR) is 360 cm³/mol. The predicted octanol–water partition coefficient (Wildman–Crippen LogP) is 19.4. The number of benzene rings is 3. The molecule has 0 unspecified atom stereocenters. The monoisotopic (exact) mass is 1170 g/mol. The third kappa shape index (κ3) is 14.8. The van der Waals surface area contributed by atoms with Gasteiger partial charge in [-0.2, -0.15) is 0 Å². The van der Waals surface area contributed by atoms with Crippen molar-refractivity contribution in [1.29, 1.82) is 0 Å². The molecule has 5 rings (SSSR count). The summed E-state index contributed by atoms with van der Waals surface area (Å²) in [6.45, 7) is 57.9. The number of hydrogen-bond acceptors (Lipinski definition) is 5. The van der Waals surface area contributed by atoms with E-state index in [1.165, 1.54) is 0 Å². The average Bonchev–Trinajstić information content (AvgIpc) is 4.12. The van der Waals surface area contributed by atoms with E-state index in [-0.39, 0.29) is 6.54 Å². The maximum absolute atomic E-state index is 9.43. The second-order valence-corrected chi connectivity index (χ2v) is 49.7. The molecule has 0 fully saturated rings. The van der Waals surface area contributed by atoms with Gasteiger partial charge < -0.3 is 0 Å². The lowest BCUT2D eigenvalue weighted by molar-refractivity contribution is 0.649. The summed E-state index contributed by atoms with van der Waals surface area (Å²) in [4.78, 5) is 3.10. The molecule has 3 aromatic carbocycles. The average molecular weight is 1170 g/mol. The lowest BCUT2D eigenvalue weighted by atomic mass is 10.0. The Morgan fingerprint density at radius 1 is 0.378 bits per heavy atom. The molecule has 2 aromatic heterocycles. The summed E-state index contributed by atoms with van der Waals surface area (Å²) < 4.78 is 3.79. The van der Waals surface area contributed by atoms with Gasteiger partial charge >= 0.3 is 0 Å². The van der Waals surface area contributed by atoms with Crippen LogP contribution in [-0.2, 0) is 19.6 Å². The number of nitrogens with zero attached hydrogens (tertiary/aromatic N) is 9. The molecule has 0 radical (unpaired) electrons. The topological polar surface area (TPSA) is 110 Å². The highest BCUT2D eigenvalue weighted by Crippen LogP contribution is 2.44. The highest BCUT2D eigenvalue weighted by molar-refractivity contribution is 6.92. The summed E-state index contributed by atoms with van der Waals surface area (Å²) >= 11 is 0. The standard InChI is InChI=1S/C69H101N9Si4/c1-47(2)79(48(3)4,49(5)6)29-25-59-33-60(26-30-80(50(7)8,51(9)10)52(11)12)36-64(35-59)43-77-45-68(72-75-77)66-39-63(42-71-74-70)40-67(41-66)69-46-78(76-73-69)44-65-37-61(27-31-81(53(13)14,54(15)16)55(17)18)34-62(38-65)28-32-82(56(19)20,57(21)22)58(23)24/h33-41,45-58H,42-44H2,1-24H3. The van der Waals surface area contributed by atoms with E-state index in [1.54, 1.807) is 0 Å². The third-order valence-corrected chi connectivity index (χ3v) is 44.0. The van der Waals surface area contributed by atoms with Crippen molar-refractivity contribution in [3.63, 3.8) is 0 Å². The van der Waals surface area contributed by atoms with Crippen molar-refractivity contribution < 1.29 is 0 Å². The molecule has 0 N–H and O–H groups in total. The number of hydrogen-bond donors (Lipinski definition) is 0. The molecule has 9 nitrogen and oxygen atoms in total. The van der Waals surface area contributed by atoms with E-state index in [2.05, 4.69) is 265 Å². The van der Waals surface area contributed by atoms with Crippen molar-refractivity contribution in [3.05, 3.63) is 116 Å². The van der Waals surface area contributed by atoms with Crippen molar-refractivity contribution in [2.45, 2.75) is 252 Å². The molecule has 0 aliphatic carbocycles. The highest BCUT2D eigenvalue weighted by Gasteiger charge is 2.44. The van der Waals surface area contributed by atoms with Crippen molar-refractivity contribution in [2.24, 2.45) is 5.11 Å². The van der Waals surface area contributed by atoms with E-state index in [4.69, 9.17) is 20.6 Å². The van der Waals surface area contributed by atoms with Crippen molar-refractivity contribution in [3.8, 4) is 68.4 Å². The van der Waals surface area contributed by atoms with Crippen LogP contribution in [0.5, 0.6) is 0 Å². The molecule has 438 valence electrons. The van der Waals surface area contributed by atoms with Gasteiger partial charge in [0.2, 0.25) is 0 Å². The molecule has 2 heterocycles. The number of aromatic nitrogens is 6. The first-order valence-electron chi connectivity index (χ1n) is 30.8. The van der Waals surface area contributed by atoms with E-state index in [0.29, 0.717) is 91.0 Å². The van der Waals surface area contributed by atoms with Gasteiger partial charge in [-0.1, -0.05) is 205 Å². The minimum absolute atomic E-state index is 0.168. The van der Waals surface area contributed by atoms with E-state index in [1.807, 2.05) is 33.9 Å². The van der Waals surface area contributed by atoms with Crippen molar-refractivity contribution >= 4 is 32.3 Å². The van der Waals surface area contributed by atoms with Crippen LogP contribution in [-0.4, -0.2) is 62.3 Å². The summed E-state index contributed by atoms with van der Waals surface area (Å²) in [7, 11) is -8.02. The van der Waals surface area contributed by atoms with Gasteiger partial charge in [0.25, 0.3) is 0 Å². The lowest BCUT2D eigenvalue weighted by Crippen LogP contribution is -2.43. The first-order valence-corrected chi connectivity index (χ1v) is 39.7. The first kappa shape index (κ1) is 67.2. The van der Waals surface area contributed by atoms with Gasteiger partial charge in [-0.15, -0.1) is 32.4 Å². The molecular weight excluding hydrogens is 1070 g/mol. The van der Waals surface area contributed by atoms with Gasteiger partial charge in [0.1, 0.15) is 43.7 Å². The molecule has 82 heavy (non-hydrogen) atoms. The molecule has 0 atom stereocenters. The Bertz CT molecular complexity index is 2870. The Morgan fingerprint density at radius 2 is 0.634 bits per heavy atom. The molecule has 13 heteroatoms. The first-order chi connectivity index (χ1) is 38.4. The normalized spacial score (nSPS) is 12.5. The van der Waals surface area contributed by atoms with E-state index in [0.717, 1.165) is 50.1 Å². The quantitative estimate of drug-likeness (QED) is 0.0254.